The Kier molecular flexibility index (Phi) is 6.19. The number of fused-ring (bicyclic) bond motifs is 1. The molecule has 0 aliphatic carbocycles. The van der Waals surface area contributed by atoms with Crippen LogP contribution in [-0.4, -0.2) is 39.3 Å². The van der Waals surface area contributed by atoms with Gasteiger partial charge in [-0.3, -0.25) is 4.79 Å². The lowest BCUT2D eigenvalue weighted by Gasteiger charge is -2.19. The quantitative estimate of drug-likeness (QED) is 0.761. The van der Waals surface area contributed by atoms with E-state index in [4.69, 9.17) is 14.2 Å². The molecule has 0 saturated carbocycles. The van der Waals surface area contributed by atoms with Gasteiger partial charge in [0.2, 0.25) is 5.91 Å². The summed E-state index contributed by atoms with van der Waals surface area (Å²) in [6.07, 6.45) is 1.21. The minimum absolute atomic E-state index is 0.0311. The molecule has 0 aromatic heterocycles. The van der Waals surface area contributed by atoms with E-state index in [1.165, 1.54) is 5.56 Å². The highest BCUT2D eigenvalue weighted by atomic mass is 16.6. The fraction of sp³-hybridized carbons (Fsp3) is 0.350. The van der Waals surface area contributed by atoms with Crippen LogP contribution < -0.4 is 24.8 Å². The highest BCUT2D eigenvalue weighted by molar-refractivity contribution is 5.76. The van der Waals surface area contributed by atoms with Crippen molar-refractivity contribution in [3.05, 3.63) is 48.0 Å². The summed E-state index contributed by atoms with van der Waals surface area (Å²) in [4.78, 5) is 11.9. The first-order valence-electron chi connectivity index (χ1n) is 8.78. The zero-order chi connectivity index (χ0) is 18.2. The molecule has 2 N–H and O–H groups in total. The highest BCUT2D eigenvalue weighted by Gasteiger charge is 2.11. The van der Waals surface area contributed by atoms with E-state index in [-0.39, 0.29) is 5.91 Å². The van der Waals surface area contributed by atoms with Crippen molar-refractivity contribution < 1.29 is 19.0 Å². The van der Waals surface area contributed by atoms with E-state index in [1.54, 1.807) is 7.11 Å². The van der Waals surface area contributed by atoms with Gasteiger partial charge < -0.3 is 24.8 Å². The Morgan fingerprint density at radius 3 is 2.58 bits per heavy atom. The zero-order valence-electron chi connectivity index (χ0n) is 14.9. The van der Waals surface area contributed by atoms with Crippen LogP contribution in [0.15, 0.2) is 42.5 Å². The molecule has 1 amide bonds. The van der Waals surface area contributed by atoms with E-state index in [0.717, 1.165) is 29.4 Å². The largest absolute Gasteiger partial charge is 0.497 e. The number of ether oxygens (including phenoxy) is 3. The number of anilines is 1. The second-order valence-corrected chi connectivity index (χ2v) is 5.98. The first-order chi connectivity index (χ1) is 12.7. The molecule has 0 fully saturated rings. The Balaban J connectivity index is 1.35. The van der Waals surface area contributed by atoms with E-state index in [2.05, 4.69) is 10.6 Å². The average Bonchev–Trinajstić information content (AvgIpc) is 2.68. The zero-order valence-corrected chi connectivity index (χ0v) is 14.9. The summed E-state index contributed by atoms with van der Waals surface area (Å²) in [5, 5.41) is 6.18. The van der Waals surface area contributed by atoms with Crippen molar-refractivity contribution in [3.63, 3.8) is 0 Å². The maximum absolute atomic E-state index is 11.9. The van der Waals surface area contributed by atoms with Crippen LogP contribution in [0.1, 0.15) is 12.0 Å². The number of benzene rings is 2. The van der Waals surface area contributed by atoms with Crippen LogP contribution in [0.3, 0.4) is 0 Å². The second kappa shape index (κ2) is 8.99. The van der Waals surface area contributed by atoms with Crippen LogP contribution in [0, 0.1) is 0 Å². The predicted octanol–water partition coefficient (Wildman–Crippen LogP) is 2.63. The molecular weight excluding hydrogens is 332 g/mol. The van der Waals surface area contributed by atoms with Crippen molar-refractivity contribution in [1.82, 2.24) is 5.32 Å². The number of carbonyl (C=O) groups is 1. The van der Waals surface area contributed by atoms with E-state index >= 15 is 0 Å². The Bertz CT molecular complexity index is 731. The summed E-state index contributed by atoms with van der Waals surface area (Å²) in [7, 11) is 1.65. The van der Waals surface area contributed by atoms with Crippen molar-refractivity contribution >= 4 is 11.6 Å². The smallest absolute Gasteiger partial charge is 0.221 e. The molecule has 6 heteroatoms. The maximum Gasteiger partial charge on any atom is 0.221 e. The molecule has 3 rings (SSSR count). The summed E-state index contributed by atoms with van der Waals surface area (Å²) < 4.78 is 16.2. The van der Waals surface area contributed by atoms with Gasteiger partial charge in [0.05, 0.1) is 7.11 Å². The number of rotatable bonds is 8. The number of methoxy groups -OCH3 is 1. The van der Waals surface area contributed by atoms with Gasteiger partial charge in [-0.05, 0) is 36.2 Å². The van der Waals surface area contributed by atoms with Crippen LogP contribution in [0.4, 0.5) is 5.69 Å². The third kappa shape index (κ3) is 5.05. The summed E-state index contributed by atoms with van der Waals surface area (Å²) in [5.41, 5.74) is 2.08. The van der Waals surface area contributed by atoms with Crippen molar-refractivity contribution in [2.45, 2.75) is 12.8 Å². The van der Waals surface area contributed by atoms with Gasteiger partial charge in [-0.1, -0.05) is 12.1 Å². The van der Waals surface area contributed by atoms with Gasteiger partial charge in [-0.25, -0.2) is 0 Å². The monoisotopic (exact) mass is 356 g/mol. The van der Waals surface area contributed by atoms with Gasteiger partial charge in [-0.2, -0.15) is 0 Å². The predicted molar refractivity (Wildman–Crippen MR) is 100 cm³/mol. The molecule has 1 aliphatic heterocycles. The third-order valence-electron chi connectivity index (χ3n) is 4.12. The minimum atomic E-state index is 0.0311. The molecule has 0 atom stereocenters. The second-order valence-electron chi connectivity index (χ2n) is 5.98. The van der Waals surface area contributed by atoms with Crippen LogP contribution in [0.2, 0.25) is 0 Å². The van der Waals surface area contributed by atoms with Crippen LogP contribution in [0.25, 0.3) is 0 Å². The first-order valence-corrected chi connectivity index (χ1v) is 8.78. The van der Waals surface area contributed by atoms with Crippen molar-refractivity contribution in [2.24, 2.45) is 0 Å². The number of nitrogens with one attached hydrogen (secondary N) is 2. The Morgan fingerprint density at radius 1 is 1.04 bits per heavy atom. The van der Waals surface area contributed by atoms with Crippen molar-refractivity contribution in [1.29, 1.82) is 0 Å². The SMILES string of the molecule is COc1ccc(CCNC(=O)CCNc2ccc3c(c2)OCCO3)cc1. The summed E-state index contributed by atoms with van der Waals surface area (Å²) >= 11 is 0. The van der Waals surface area contributed by atoms with E-state index < -0.39 is 0 Å². The van der Waals surface area contributed by atoms with Gasteiger partial charge in [0.1, 0.15) is 19.0 Å². The summed E-state index contributed by atoms with van der Waals surface area (Å²) in [6.45, 7) is 2.33. The molecular formula is C20H24N2O4. The van der Waals surface area contributed by atoms with Crippen LogP contribution in [-0.2, 0) is 11.2 Å². The van der Waals surface area contributed by atoms with E-state index in [9.17, 15) is 4.79 Å². The molecule has 0 spiro atoms. The lowest BCUT2D eigenvalue weighted by atomic mass is 10.1. The Labute approximate surface area is 153 Å². The van der Waals surface area contributed by atoms with Gasteiger partial charge >= 0.3 is 0 Å². The van der Waals surface area contributed by atoms with Gasteiger partial charge in [0.15, 0.2) is 11.5 Å². The standard InChI is InChI=1S/C20H24N2O4/c1-24-17-5-2-15(3-6-17)8-10-22-20(23)9-11-21-16-4-7-18-19(14-16)26-13-12-25-18/h2-7,14,21H,8-13H2,1H3,(H,22,23). The fourth-order valence-electron chi connectivity index (χ4n) is 2.70. The fourth-order valence-corrected chi connectivity index (χ4v) is 2.70. The molecule has 0 saturated heterocycles. The van der Waals surface area contributed by atoms with Gasteiger partial charge in [0.25, 0.3) is 0 Å². The van der Waals surface area contributed by atoms with E-state index in [1.807, 2.05) is 42.5 Å². The molecule has 1 aliphatic rings. The Hall–Kier alpha value is -2.89. The average molecular weight is 356 g/mol. The lowest BCUT2D eigenvalue weighted by Crippen LogP contribution is -2.27. The first kappa shape index (κ1) is 17.9. The van der Waals surface area contributed by atoms with Gasteiger partial charge in [0, 0.05) is 31.3 Å². The topological polar surface area (TPSA) is 68.8 Å². The molecule has 0 radical (unpaired) electrons. The molecule has 0 bridgehead atoms. The molecule has 1 heterocycles. The molecule has 2 aromatic rings. The number of hydrogen-bond donors (Lipinski definition) is 2. The van der Waals surface area contributed by atoms with Crippen LogP contribution in [0.5, 0.6) is 17.2 Å². The number of amides is 1. The minimum Gasteiger partial charge on any atom is -0.497 e. The number of carbonyl (C=O) groups excluding carboxylic acids is 1. The van der Waals surface area contributed by atoms with E-state index in [0.29, 0.717) is 32.7 Å². The summed E-state index contributed by atoms with van der Waals surface area (Å²) in [6, 6.07) is 13.6. The van der Waals surface area contributed by atoms with Crippen molar-refractivity contribution in [3.8, 4) is 17.2 Å². The van der Waals surface area contributed by atoms with Gasteiger partial charge in [-0.15, -0.1) is 0 Å². The van der Waals surface area contributed by atoms with Crippen LogP contribution >= 0.6 is 0 Å². The van der Waals surface area contributed by atoms with Crippen molar-refractivity contribution in [2.75, 3.05) is 38.7 Å². The third-order valence-corrected chi connectivity index (χ3v) is 4.12. The molecule has 138 valence electrons. The molecule has 6 nitrogen and oxygen atoms in total. The summed E-state index contributed by atoms with van der Waals surface area (Å²) in [5.74, 6) is 2.37. The molecule has 26 heavy (non-hydrogen) atoms. The maximum atomic E-state index is 11.9. The normalized spacial score (nSPS) is 12.3. The lowest BCUT2D eigenvalue weighted by molar-refractivity contribution is -0.120. The molecule has 0 unspecified atom stereocenters. The number of hydrogen-bond acceptors (Lipinski definition) is 5. The molecule has 2 aromatic carbocycles. The highest BCUT2D eigenvalue weighted by Crippen LogP contribution is 2.32. The Morgan fingerprint density at radius 2 is 1.81 bits per heavy atom.